The largest absolute Gasteiger partial charge is 0.368 e. The Labute approximate surface area is 189 Å². The Balaban J connectivity index is 0.00000280. The highest BCUT2D eigenvalue weighted by atomic mass is 127. The van der Waals surface area contributed by atoms with Crippen LogP contribution in [0.1, 0.15) is 24.8 Å². The first-order chi connectivity index (χ1) is 13.2. The van der Waals surface area contributed by atoms with Crippen molar-refractivity contribution in [3.05, 3.63) is 34.9 Å². The molecule has 0 aromatic heterocycles. The number of guanidine groups is 1. The molecule has 28 heavy (non-hydrogen) atoms. The van der Waals surface area contributed by atoms with Gasteiger partial charge in [0, 0.05) is 51.4 Å². The fourth-order valence-electron chi connectivity index (χ4n) is 3.59. The van der Waals surface area contributed by atoms with E-state index in [2.05, 4.69) is 27.3 Å². The number of ether oxygens (including phenoxy) is 1. The summed E-state index contributed by atoms with van der Waals surface area (Å²) in [5.74, 6) is 1.06. The van der Waals surface area contributed by atoms with Crippen molar-refractivity contribution >= 4 is 47.4 Å². The van der Waals surface area contributed by atoms with Crippen molar-refractivity contribution in [2.45, 2.75) is 31.8 Å². The molecule has 0 spiro atoms. The third-order valence-electron chi connectivity index (χ3n) is 5.15. The summed E-state index contributed by atoms with van der Waals surface area (Å²) in [7, 11) is 1.81. The molecular weight excluding hydrogens is 491 g/mol. The number of aryl methyl sites for hydroxylation is 1. The zero-order valence-corrected chi connectivity index (χ0v) is 19.5. The molecule has 2 aliphatic rings. The molecule has 0 aliphatic carbocycles. The molecule has 1 N–H and O–H groups in total. The van der Waals surface area contributed by atoms with Crippen molar-refractivity contribution in [3.63, 3.8) is 0 Å². The zero-order valence-electron chi connectivity index (χ0n) is 16.4. The Hall–Kier alpha value is -1.06. The summed E-state index contributed by atoms with van der Waals surface area (Å²) in [6, 6.07) is 8.00. The van der Waals surface area contributed by atoms with Gasteiger partial charge in [-0.05, 0) is 43.4 Å². The summed E-state index contributed by atoms with van der Waals surface area (Å²) in [6.07, 6.45) is 3.66. The van der Waals surface area contributed by atoms with Crippen LogP contribution in [0.25, 0.3) is 0 Å². The summed E-state index contributed by atoms with van der Waals surface area (Å²) in [4.78, 5) is 21.0. The standard InChI is InChI=1S/C20H29ClN4O2.HI/c1-22-20(23-10-2-4-16-6-8-17(21)9-7-16)25-13-11-24(12-14-25)19(26)18-5-3-15-27-18;/h6-9,18H,2-5,10-15H2,1H3,(H,22,23);1H. The first-order valence-corrected chi connectivity index (χ1v) is 10.2. The van der Waals surface area contributed by atoms with Gasteiger partial charge in [-0.15, -0.1) is 24.0 Å². The second-order valence-electron chi connectivity index (χ2n) is 7.02. The molecule has 1 atom stereocenters. The van der Waals surface area contributed by atoms with Crippen molar-refractivity contribution in [2.24, 2.45) is 4.99 Å². The quantitative estimate of drug-likeness (QED) is 0.281. The SMILES string of the molecule is CN=C(NCCCc1ccc(Cl)cc1)N1CCN(C(=O)C2CCCO2)CC1.I. The van der Waals surface area contributed by atoms with Crippen LogP contribution in [0.15, 0.2) is 29.3 Å². The molecule has 1 unspecified atom stereocenters. The minimum Gasteiger partial charge on any atom is -0.368 e. The van der Waals surface area contributed by atoms with Gasteiger partial charge >= 0.3 is 0 Å². The molecule has 1 amide bonds. The fourth-order valence-corrected chi connectivity index (χ4v) is 3.72. The number of rotatable bonds is 5. The van der Waals surface area contributed by atoms with Crippen LogP contribution in [-0.4, -0.2) is 74.1 Å². The molecule has 1 aromatic carbocycles. The van der Waals surface area contributed by atoms with E-state index >= 15 is 0 Å². The van der Waals surface area contributed by atoms with Gasteiger partial charge in [-0.3, -0.25) is 9.79 Å². The highest BCUT2D eigenvalue weighted by molar-refractivity contribution is 14.0. The minimum absolute atomic E-state index is 0. The van der Waals surface area contributed by atoms with Crippen LogP contribution in [0.4, 0.5) is 0 Å². The van der Waals surface area contributed by atoms with Gasteiger partial charge in [0.1, 0.15) is 6.10 Å². The molecule has 0 radical (unpaired) electrons. The van der Waals surface area contributed by atoms with Crippen LogP contribution < -0.4 is 5.32 Å². The van der Waals surface area contributed by atoms with E-state index < -0.39 is 0 Å². The number of hydrogen-bond acceptors (Lipinski definition) is 3. The Kier molecular flexibility index (Phi) is 9.81. The predicted octanol–water partition coefficient (Wildman–Crippen LogP) is 2.79. The van der Waals surface area contributed by atoms with Gasteiger partial charge in [-0.1, -0.05) is 23.7 Å². The molecule has 2 aliphatic heterocycles. The van der Waals surface area contributed by atoms with Gasteiger partial charge < -0.3 is 19.9 Å². The monoisotopic (exact) mass is 520 g/mol. The molecule has 156 valence electrons. The smallest absolute Gasteiger partial charge is 0.251 e. The average Bonchev–Trinajstić information content (AvgIpc) is 3.24. The Morgan fingerprint density at radius 1 is 1.21 bits per heavy atom. The maximum absolute atomic E-state index is 12.4. The third kappa shape index (κ3) is 6.49. The van der Waals surface area contributed by atoms with E-state index in [1.807, 2.05) is 24.1 Å². The van der Waals surface area contributed by atoms with Crippen molar-refractivity contribution in [3.8, 4) is 0 Å². The molecule has 0 saturated carbocycles. The van der Waals surface area contributed by atoms with Gasteiger partial charge in [-0.25, -0.2) is 0 Å². The van der Waals surface area contributed by atoms with E-state index in [-0.39, 0.29) is 36.0 Å². The van der Waals surface area contributed by atoms with Gasteiger partial charge in [0.25, 0.3) is 5.91 Å². The molecule has 2 saturated heterocycles. The lowest BCUT2D eigenvalue weighted by Gasteiger charge is -2.37. The maximum atomic E-state index is 12.4. The van der Waals surface area contributed by atoms with E-state index in [4.69, 9.17) is 16.3 Å². The van der Waals surface area contributed by atoms with Crippen LogP contribution in [0.5, 0.6) is 0 Å². The number of carbonyl (C=O) groups is 1. The molecule has 3 rings (SSSR count). The summed E-state index contributed by atoms with van der Waals surface area (Å²) >= 11 is 5.92. The van der Waals surface area contributed by atoms with E-state index in [9.17, 15) is 4.79 Å². The lowest BCUT2D eigenvalue weighted by Crippen LogP contribution is -2.55. The minimum atomic E-state index is -0.221. The number of carbonyl (C=O) groups excluding carboxylic acids is 1. The molecule has 2 heterocycles. The van der Waals surface area contributed by atoms with Crippen molar-refractivity contribution in [1.82, 2.24) is 15.1 Å². The van der Waals surface area contributed by atoms with Gasteiger partial charge in [0.05, 0.1) is 0 Å². The van der Waals surface area contributed by atoms with Crippen LogP contribution in [0.3, 0.4) is 0 Å². The summed E-state index contributed by atoms with van der Waals surface area (Å²) in [5.41, 5.74) is 1.29. The zero-order chi connectivity index (χ0) is 19.1. The lowest BCUT2D eigenvalue weighted by atomic mass is 10.1. The lowest BCUT2D eigenvalue weighted by molar-refractivity contribution is -0.142. The number of aliphatic imine (C=N–C) groups is 1. The molecule has 6 nitrogen and oxygen atoms in total. The van der Waals surface area contributed by atoms with Gasteiger partial charge in [0.15, 0.2) is 5.96 Å². The van der Waals surface area contributed by atoms with Crippen molar-refractivity contribution in [2.75, 3.05) is 46.4 Å². The summed E-state index contributed by atoms with van der Waals surface area (Å²) < 4.78 is 5.52. The maximum Gasteiger partial charge on any atom is 0.251 e. The number of piperazine rings is 1. The predicted molar refractivity (Wildman–Crippen MR) is 124 cm³/mol. The highest BCUT2D eigenvalue weighted by Crippen LogP contribution is 2.16. The van der Waals surface area contributed by atoms with Gasteiger partial charge in [0.2, 0.25) is 0 Å². The topological polar surface area (TPSA) is 57.2 Å². The first-order valence-electron chi connectivity index (χ1n) is 9.78. The van der Waals surface area contributed by atoms with Crippen LogP contribution >= 0.6 is 35.6 Å². The van der Waals surface area contributed by atoms with E-state index in [1.165, 1.54) is 5.56 Å². The average molecular weight is 521 g/mol. The number of benzene rings is 1. The number of nitrogens with one attached hydrogen (secondary N) is 1. The molecular formula is C20H30ClIN4O2. The summed E-state index contributed by atoms with van der Waals surface area (Å²) in [5, 5.41) is 4.21. The number of amides is 1. The first kappa shape index (κ1) is 23.2. The fraction of sp³-hybridized carbons (Fsp3) is 0.600. The normalized spacial score (nSPS) is 20.1. The van der Waals surface area contributed by atoms with Crippen LogP contribution in [-0.2, 0) is 16.0 Å². The molecule has 8 heteroatoms. The highest BCUT2D eigenvalue weighted by Gasteiger charge is 2.30. The van der Waals surface area contributed by atoms with E-state index in [0.717, 1.165) is 69.4 Å². The Morgan fingerprint density at radius 2 is 1.89 bits per heavy atom. The van der Waals surface area contributed by atoms with Crippen LogP contribution in [0, 0.1) is 0 Å². The second-order valence-corrected chi connectivity index (χ2v) is 7.45. The van der Waals surface area contributed by atoms with Crippen molar-refractivity contribution < 1.29 is 9.53 Å². The van der Waals surface area contributed by atoms with Crippen molar-refractivity contribution in [1.29, 1.82) is 0 Å². The second kappa shape index (κ2) is 11.8. The number of nitrogens with zero attached hydrogens (tertiary/aromatic N) is 3. The van der Waals surface area contributed by atoms with Crippen LogP contribution in [0.2, 0.25) is 5.02 Å². The number of halogens is 2. The Bertz CT molecular complexity index is 642. The third-order valence-corrected chi connectivity index (χ3v) is 5.40. The van der Waals surface area contributed by atoms with E-state index in [0.29, 0.717) is 6.61 Å². The van der Waals surface area contributed by atoms with Gasteiger partial charge in [-0.2, -0.15) is 0 Å². The number of hydrogen-bond donors (Lipinski definition) is 1. The summed E-state index contributed by atoms with van der Waals surface area (Å²) in [6.45, 7) is 4.63. The Morgan fingerprint density at radius 3 is 2.50 bits per heavy atom. The van der Waals surface area contributed by atoms with E-state index in [1.54, 1.807) is 0 Å². The molecule has 0 bridgehead atoms. The molecule has 1 aromatic rings. The molecule has 2 fully saturated rings.